The summed E-state index contributed by atoms with van der Waals surface area (Å²) in [7, 11) is -3.50. The lowest BCUT2D eigenvalue weighted by molar-refractivity contribution is 0.0946. The zero-order valence-corrected chi connectivity index (χ0v) is 17.5. The van der Waals surface area contributed by atoms with Crippen LogP contribution in [0.5, 0.6) is 0 Å². The maximum Gasteiger partial charge on any atom is 0.251 e. The van der Waals surface area contributed by atoms with Crippen molar-refractivity contribution in [3.63, 3.8) is 0 Å². The maximum atomic E-state index is 12.6. The predicted octanol–water partition coefficient (Wildman–Crippen LogP) is 3.10. The average molecular weight is 447 g/mol. The number of sulfonamides is 1. The number of halogens is 1. The van der Waals surface area contributed by atoms with Crippen molar-refractivity contribution in [2.45, 2.75) is 24.3 Å². The van der Waals surface area contributed by atoms with Crippen molar-refractivity contribution in [2.75, 3.05) is 13.1 Å². The molecule has 0 radical (unpaired) electrons. The van der Waals surface area contributed by atoms with Crippen molar-refractivity contribution < 1.29 is 17.7 Å². The SMILES string of the molecule is O=C(NCc1nc(-c2ccc(Cl)cc2)no1)c1ccc(S(=O)(=O)N2CCCC2)cc1. The van der Waals surface area contributed by atoms with Gasteiger partial charge in [-0.2, -0.15) is 9.29 Å². The Morgan fingerprint density at radius 2 is 1.73 bits per heavy atom. The van der Waals surface area contributed by atoms with Crippen LogP contribution in [0.1, 0.15) is 29.1 Å². The molecule has 2 aromatic carbocycles. The summed E-state index contributed by atoms with van der Waals surface area (Å²) in [6.07, 6.45) is 1.74. The highest BCUT2D eigenvalue weighted by molar-refractivity contribution is 7.89. The summed E-state index contributed by atoms with van der Waals surface area (Å²) in [6.45, 7) is 1.12. The van der Waals surface area contributed by atoms with E-state index in [0.29, 0.717) is 29.5 Å². The molecule has 1 fully saturated rings. The van der Waals surface area contributed by atoms with E-state index in [2.05, 4.69) is 15.5 Å². The molecule has 4 rings (SSSR count). The molecule has 8 nitrogen and oxygen atoms in total. The Labute approximate surface area is 178 Å². The summed E-state index contributed by atoms with van der Waals surface area (Å²) < 4.78 is 31.7. The van der Waals surface area contributed by atoms with Gasteiger partial charge in [0.1, 0.15) is 0 Å². The van der Waals surface area contributed by atoms with Crippen LogP contribution in [0, 0.1) is 0 Å². The van der Waals surface area contributed by atoms with Crippen LogP contribution in [0.25, 0.3) is 11.4 Å². The highest BCUT2D eigenvalue weighted by Gasteiger charge is 2.27. The van der Waals surface area contributed by atoms with Crippen molar-refractivity contribution >= 4 is 27.5 Å². The molecule has 30 heavy (non-hydrogen) atoms. The molecule has 2 heterocycles. The minimum atomic E-state index is -3.50. The quantitative estimate of drug-likeness (QED) is 0.623. The second kappa shape index (κ2) is 8.55. The van der Waals surface area contributed by atoms with Crippen molar-refractivity contribution in [1.29, 1.82) is 0 Å². The van der Waals surface area contributed by atoms with E-state index in [1.807, 2.05) is 0 Å². The summed E-state index contributed by atoms with van der Waals surface area (Å²) in [5.41, 5.74) is 1.09. The normalized spacial score (nSPS) is 14.7. The predicted molar refractivity (Wildman–Crippen MR) is 110 cm³/mol. The molecule has 3 aromatic rings. The molecular formula is C20H19ClN4O4S. The Morgan fingerprint density at radius 3 is 2.40 bits per heavy atom. The van der Waals surface area contributed by atoms with Gasteiger partial charge in [-0.3, -0.25) is 4.79 Å². The fourth-order valence-corrected chi connectivity index (χ4v) is 4.80. The number of benzene rings is 2. The first-order valence-electron chi connectivity index (χ1n) is 9.40. The number of aromatic nitrogens is 2. The highest BCUT2D eigenvalue weighted by Crippen LogP contribution is 2.21. The highest BCUT2D eigenvalue weighted by atomic mass is 35.5. The van der Waals surface area contributed by atoms with Gasteiger partial charge in [-0.05, 0) is 61.4 Å². The minimum Gasteiger partial charge on any atom is -0.343 e. The third kappa shape index (κ3) is 4.38. The van der Waals surface area contributed by atoms with Crippen LogP contribution >= 0.6 is 11.6 Å². The van der Waals surface area contributed by atoms with Crippen LogP contribution in [0.3, 0.4) is 0 Å². The molecule has 0 bridgehead atoms. The first kappa shape index (κ1) is 20.5. The van der Waals surface area contributed by atoms with E-state index in [9.17, 15) is 13.2 Å². The second-order valence-corrected chi connectivity index (χ2v) is 9.21. The molecule has 10 heteroatoms. The smallest absolute Gasteiger partial charge is 0.251 e. The number of hydrogen-bond acceptors (Lipinski definition) is 6. The standard InChI is InChI=1S/C20H19ClN4O4S/c21-16-7-3-14(4-8-16)19-23-18(29-24-19)13-22-20(26)15-5-9-17(10-6-15)30(27,28)25-11-1-2-12-25/h3-10H,1-2,11-13H2,(H,22,26). The molecular weight excluding hydrogens is 428 g/mol. The van der Waals surface area contributed by atoms with Crippen LogP contribution in [0.15, 0.2) is 57.9 Å². The number of hydrogen-bond donors (Lipinski definition) is 1. The molecule has 0 spiro atoms. The van der Waals surface area contributed by atoms with Crippen molar-refractivity contribution in [3.8, 4) is 11.4 Å². The van der Waals surface area contributed by atoms with Crippen molar-refractivity contribution in [1.82, 2.24) is 19.8 Å². The van der Waals surface area contributed by atoms with E-state index in [1.165, 1.54) is 28.6 Å². The van der Waals surface area contributed by atoms with Gasteiger partial charge < -0.3 is 9.84 Å². The van der Waals surface area contributed by atoms with E-state index in [4.69, 9.17) is 16.1 Å². The van der Waals surface area contributed by atoms with Crippen LogP contribution in [-0.2, 0) is 16.6 Å². The van der Waals surface area contributed by atoms with Gasteiger partial charge in [0.25, 0.3) is 5.91 Å². The van der Waals surface area contributed by atoms with E-state index < -0.39 is 10.0 Å². The molecule has 1 amide bonds. The lowest BCUT2D eigenvalue weighted by atomic mass is 10.2. The van der Waals surface area contributed by atoms with E-state index in [-0.39, 0.29) is 23.2 Å². The Bertz CT molecular complexity index is 1140. The number of carbonyl (C=O) groups excluding carboxylic acids is 1. The van der Waals surface area contributed by atoms with Gasteiger partial charge >= 0.3 is 0 Å². The number of carbonyl (C=O) groups is 1. The van der Waals surface area contributed by atoms with Gasteiger partial charge in [0, 0.05) is 29.2 Å². The molecule has 1 N–H and O–H groups in total. The lowest BCUT2D eigenvalue weighted by Gasteiger charge is -2.15. The van der Waals surface area contributed by atoms with Gasteiger partial charge in [-0.1, -0.05) is 16.8 Å². The minimum absolute atomic E-state index is 0.0489. The van der Waals surface area contributed by atoms with E-state index >= 15 is 0 Å². The third-order valence-corrected chi connectivity index (χ3v) is 6.95. The van der Waals surface area contributed by atoms with E-state index in [1.54, 1.807) is 24.3 Å². The first-order chi connectivity index (χ1) is 14.4. The second-order valence-electron chi connectivity index (χ2n) is 6.84. The summed E-state index contributed by atoms with van der Waals surface area (Å²) in [4.78, 5) is 16.8. The fourth-order valence-electron chi connectivity index (χ4n) is 3.16. The Balaban J connectivity index is 1.38. The zero-order valence-electron chi connectivity index (χ0n) is 15.9. The first-order valence-corrected chi connectivity index (χ1v) is 11.2. The topological polar surface area (TPSA) is 105 Å². The van der Waals surface area contributed by atoms with Crippen LogP contribution < -0.4 is 5.32 Å². The Kier molecular flexibility index (Phi) is 5.85. The molecule has 0 unspecified atom stereocenters. The van der Waals surface area contributed by atoms with Crippen molar-refractivity contribution in [2.24, 2.45) is 0 Å². The Morgan fingerprint density at radius 1 is 1.07 bits per heavy atom. The molecule has 1 aromatic heterocycles. The molecule has 0 atom stereocenters. The Hall–Kier alpha value is -2.75. The van der Waals surface area contributed by atoms with Gasteiger partial charge in [0.05, 0.1) is 11.4 Å². The molecule has 1 aliphatic heterocycles. The largest absolute Gasteiger partial charge is 0.343 e. The molecule has 1 aliphatic rings. The van der Waals surface area contributed by atoms with Crippen LogP contribution in [-0.4, -0.2) is 41.9 Å². The van der Waals surface area contributed by atoms with Gasteiger partial charge in [0.15, 0.2) is 0 Å². The van der Waals surface area contributed by atoms with Crippen LogP contribution in [0.4, 0.5) is 0 Å². The summed E-state index contributed by atoms with van der Waals surface area (Å²) >= 11 is 5.87. The van der Waals surface area contributed by atoms with Gasteiger partial charge in [0.2, 0.25) is 21.7 Å². The van der Waals surface area contributed by atoms with Gasteiger partial charge in [-0.15, -0.1) is 0 Å². The number of rotatable bonds is 6. The average Bonchev–Trinajstić information content (AvgIpc) is 3.45. The molecule has 0 aliphatic carbocycles. The maximum absolute atomic E-state index is 12.6. The summed E-state index contributed by atoms with van der Waals surface area (Å²) in [6, 6.07) is 12.9. The van der Waals surface area contributed by atoms with Crippen LogP contribution in [0.2, 0.25) is 5.02 Å². The molecule has 156 valence electrons. The summed E-state index contributed by atoms with van der Waals surface area (Å²) in [5.74, 6) is 0.278. The fraction of sp³-hybridized carbons (Fsp3) is 0.250. The zero-order chi connectivity index (χ0) is 21.1. The summed E-state index contributed by atoms with van der Waals surface area (Å²) in [5, 5.41) is 7.18. The van der Waals surface area contributed by atoms with Crippen molar-refractivity contribution in [3.05, 3.63) is 65.0 Å². The third-order valence-electron chi connectivity index (χ3n) is 4.79. The monoisotopic (exact) mass is 446 g/mol. The number of nitrogens with one attached hydrogen (secondary N) is 1. The molecule has 1 saturated heterocycles. The number of nitrogens with zero attached hydrogens (tertiary/aromatic N) is 3. The van der Waals surface area contributed by atoms with E-state index in [0.717, 1.165) is 18.4 Å². The number of amides is 1. The van der Waals surface area contributed by atoms with Gasteiger partial charge in [-0.25, -0.2) is 8.42 Å². The lowest BCUT2D eigenvalue weighted by Crippen LogP contribution is -2.28. The molecule has 0 saturated carbocycles.